The van der Waals surface area contributed by atoms with Gasteiger partial charge in [-0.3, -0.25) is 0 Å². The Kier molecular flexibility index (Phi) is 4.26. The molecule has 1 atom stereocenters. The van der Waals surface area contributed by atoms with Gasteiger partial charge in [0.15, 0.2) is 0 Å². The Hall–Kier alpha value is 0.350. The third-order valence-electron chi connectivity index (χ3n) is 3.42. The summed E-state index contributed by atoms with van der Waals surface area (Å²) in [4.78, 5) is 0. The van der Waals surface area contributed by atoms with Crippen molar-refractivity contribution in [3.05, 3.63) is 0 Å². The molecule has 4 nitrogen and oxygen atoms in total. The Morgan fingerprint density at radius 1 is 1.25 bits per heavy atom. The third kappa shape index (κ3) is 2.44. The highest BCUT2D eigenvalue weighted by Gasteiger charge is 2.39. The summed E-state index contributed by atoms with van der Waals surface area (Å²) in [6.07, 6.45) is 3.26. The lowest BCUT2D eigenvalue weighted by molar-refractivity contribution is 0.0971. The summed E-state index contributed by atoms with van der Waals surface area (Å²) < 4.78 is 31.7. The first kappa shape index (κ1) is 12.8. The minimum absolute atomic E-state index is 0.160. The van der Waals surface area contributed by atoms with Crippen molar-refractivity contribution in [3.8, 4) is 0 Å². The highest BCUT2D eigenvalue weighted by molar-refractivity contribution is 9.09. The molecular weight excluding hydrogens is 294 g/mol. The van der Waals surface area contributed by atoms with Gasteiger partial charge in [-0.15, -0.1) is 0 Å². The molecule has 16 heavy (non-hydrogen) atoms. The monoisotopic (exact) mass is 311 g/mol. The second-order valence-corrected chi connectivity index (χ2v) is 7.23. The molecule has 1 unspecified atom stereocenters. The molecule has 0 saturated carbocycles. The molecule has 0 aliphatic carbocycles. The van der Waals surface area contributed by atoms with Gasteiger partial charge in [0.2, 0.25) is 10.0 Å². The molecule has 2 heterocycles. The van der Waals surface area contributed by atoms with Gasteiger partial charge in [0.05, 0.1) is 5.25 Å². The van der Waals surface area contributed by atoms with Crippen LogP contribution in [0.15, 0.2) is 0 Å². The van der Waals surface area contributed by atoms with E-state index >= 15 is 0 Å². The lowest BCUT2D eigenvalue weighted by atomic mass is 10.2. The summed E-state index contributed by atoms with van der Waals surface area (Å²) in [5, 5.41) is 0.524. The van der Waals surface area contributed by atoms with Crippen molar-refractivity contribution in [2.24, 2.45) is 0 Å². The van der Waals surface area contributed by atoms with Crippen LogP contribution >= 0.6 is 15.9 Å². The average molecular weight is 312 g/mol. The molecule has 0 amide bonds. The van der Waals surface area contributed by atoms with Crippen LogP contribution < -0.4 is 0 Å². The van der Waals surface area contributed by atoms with Crippen LogP contribution in [0.2, 0.25) is 0 Å². The number of hydrogen-bond acceptors (Lipinski definition) is 3. The van der Waals surface area contributed by atoms with E-state index in [1.165, 1.54) is 0 Å². The zero-order chi connectivity index (χ0) is 11.6. The maximum Gasteiger partial charge on any atom is 0.217 e. The fraction of sp³-hybridized carbons (Fsp3) is 1.00. The quantitative estimate of drug-likeness (QED) is 0.739. The first-order valence-electron chi connectivity index (χ1n) is 5.80. The number of hydrogen-bond donors (Lipinski definition) is 0. The van der Waals surface area contributed by atoms with Crippen LogP contribution in [-0.2, 0) is 14.8 Å². The number of sulfonamides is 1. The zero-order valence-electron chi connectivity index (χ0n) is 9.27. The van der Waals surface area contributed by atoms with E-state index in [0.29, 0.717) is 32.6 Å². The minimum Gasteiger partial charge on any atom is -0.381 e. The highest BCUT2D eigenvalue weighted by atomic mass is 79.9. The summed E-state index contributed by atoms with van der Waals surface area (Å²) in [6.45, 7) is 1.85. The Bertz CT molecular complexity index is 327. The van der Waals surface area contributed by atoms with Crippen molar-refractivity contribution in [2.75, 3.05) is 25.1 Å². The predicted octanol–water partition coefficient (Wildman–Crippen LogP) is 1.35. The van der Waals surface area contributed by atoms with Crippen molar-refractivity contribution in [1.82, 2.24) is 4.31 Å². The van der Waals surface area contributed by atoms with Gasteiger partial charge >= 0.3 is 0 Å². The normalized spacial score (nSPS) is 29.7. The van der Waals surface area contributed by atoms with Gasteiger partial charge < -0.3 is 4.74 Å². The van der Waals surface area contributed by atoms with Gasteiger partial charge in [0.1, 0.15) is 0 Å². The first-order valence-corrected chi connectivity index (χ1v) is 8.43. The molecule has 6 heteroatoms. The summed E-state index contributed by atoms with van der Waals surface area (Å²) in [6, 6.07) is 0.160. The molecular formula is C10H18BrNO3S. The maximum atomic E-state index is 12.4. The predicted molar refractivity (Wildman–Crippen MR) is 66.3 cm³/mol. The largest absolute Gasteiger partial charge is 0.381 e. The average Bonchev–Trinajstić information content (AvgIpc) is 2.79. The van der Waals surface area contributed by atoms with E-state index in [0.717, 1.165) is 18.2 Å². The highest BCUT2D eigenvalue weighted by Crippen LogP contribution is 2.28. The van der Waals surface area contributed by atoms with Gasteiger partial charge in [0, 0.05) is 31.1 Å². The van der Waals surface area contributed by atoms with Gasteiger partial charge in [-0.05, 0) is 25.7 Å². The van der Waals surface area contributed by atoms with Crippen molar-refractivity contribution in [3.63, 3.8) is 0 Å². The Morgan fingerprint density at radius 2 is 1.94 bits per heavy atom. The van der Waals surface area contributed by atoms with Crippen molar-refractivity contribution in [1.29, 1.82) is 0 Å². The van der Waals surface area contributed by atoms with Crippen LogP contribution in [0.5, 0.6) is 0 Å². The van der Waals surface area contributed by atoms with E-state index in [-0.39, 0.29) is 11.3 Å². The second kappa shape index (κ2) is 5.33. The molecule has 0 bridgehead atoms. The molecule has 94 valence electrons. The van der Waals surface area contributed by atoms with Crippen LogP contribution in [0.25, 0.3) is 0 Å². The van der Waals surface area contributed by atoms with Gasteiger partial charge in [-0.25, -0.2) is 8.42 Å². The first-order chi connectivity index (χ1) is 7.66. The molecule has 2 aliphatic heterocycles. The lowest BCUT2D eigenvalue weighted by Gasteiger charge is -2.30. The third-order valence-corrected chi connectivity index (χ3v) is 6.61. The SMILES string of the molecule is O=S(=O)(C1CCOCC1)N1CCCC1CBr. The van der Waals surface area contributed by atoms with Crippen LogP contribution in [0.1, 0.15) is 25.7 Å². The molecule has 0 spiro atoms. The van der Waals surface area contributed by atoms with Crippen molar-refractivity contribution >= 4 is 26.0 Å². The maximum absolute atomic E-state index is 12.4. The molecule has 2 saturated heterocycles. The van der Waals surface area contributed by atoms with E-state index in [1.54, 1.807) is 4.31 Å². The molecule has 0 aromatic rings. The minimum atomic E-state index is -3.10. The number of halogens is 1. The molecule has 0 N–H and O–H groups in total. The van der Waals surface area contributed by atoms with E-state index in [2.05, 4.69) is 15.9 Å². The molecule has 0 aromatic heterocycles. The van der Waals surface area contributed by atoms with Crippen LogP contribution in [0.4, 0.5) is 0 Å². The number of rotatable bonds is 3. The van der Waals surface area contributed by atoms with Gasteiger partial charge in [-0.1, -0.05) is 15.9 Å². The van der Waals surface area contributed by atoms with Crippen LogP contribution in [0.3, 0.4) is 0 Å². The Labute approximate surface area is 106 Å². The van der Waals surface area contributed by atoms with Gasteiger partial charge in [-0.2, -0.15) is 4.31 Å². The lowest BCUT2D eigenvalue weighted by Crippen LogP contribution is -2.44. The van der Waals surface area contributed by atoms with E-state index in [9.17, 15) is 8.42 Å². The topological polar surface area (TPSA) is 46.6 Å². The molecule has 0 radical (unpaired) electrons. The fourth-order valence-corrected chi connectivity index (χ4v) is 5.48. The van der Waals surface area contributed by atoms with Crippen molar-refractivity contribution in [2.45, 2.75) is 37.0 Å². The summed E-state index contributed by atoms with van der Waals surface area (Å²) in [5.74, 6) is 0. The number of ether oxygens (including phenoxy) is 1. The van der Waals surface area contributed by atoms with E-state index in [1.807, 2.05) is 0 Å². The molecule has 2 fully saturated rings. The Morgan fingerprint density at radius 3 is 2.56 bits per heavy atom. The van der Waals surface area contributed by atoms with E-state index < -0.39 is 10.0 Å². The Balaban J connectivity index is 2.11. The summed E-state index contributed by atoms with van der Waals surface area (Å²) in [5.41, 5.74) is 0. The summed E-state index contributed by atoms with van der Waals surface area (Å²) >= 11 is 3.40. The summed E-state index contributed by atoms with van der Waals surface area (Å²) in [7, 11) is -3.10. The smallest absolute Gasteiger partial charge is 0.217 e. The van der Waals surface area contributed by atoms with E-state index in [4.69, 9.17) is 4.74 Å². The fourth-order valence-electron chi connectivity index (χ4n) is 2.46. The number of nitrogens with zero attached hydrogens (tertiary/aromatic N) is 1. The molecule has 2 rings (SSSR count). The van der Waals surface area contributed by atoms with Crippen molar-refractivity contribution < 1.29 is 13.2 Å². The molecule has 0 aromatic carbocycles. The van der Waals surface area contributed by atoms with Crippen LogP contribution in [0, 0.1) is 0 Å². The standard InChI is InChI=1S/C10H18BrNO3S/c11-8-9-2-1-5-12(9)16(13,14)10-3-6-15-7-4-10/h9-10H,1-8H2. The second-order valence-electron chi connectivity index (χ2n) is 4.42. The zero-order valence-corrected chi connectivity index (χ0v) is 11.7. The number of alkyl halides is 1. The molecule has 2 aliphatic rings. The van der Waals surface area contributed by atoms with Crippen LogP contribution in [-0.4, -0.2) is 49.1 Å². The van der Waals surface area contributed by atoms with Gasteiger partial charge in [0.25, 0.3) is 0 Å².